The molecule has 1 unspecified atom stereocenters. The van der Waals surface area contributed by atoms with E-state index in [-0.39, 0.29) is 5.75 Å². The van der Waals surface area contributed by atoms with Gasteiger partial charge >= 0.3 is 0 Å². The van der Waals surface area contributed by atoms with Crippen LogP contribution in [0.2, 0.25) is 0 Å². The summed E-state index contributed by atoms with van der Waals surface area (Å²) in [5, 5.41) is 6.57. The second kappa shape index (κ2) is 5.68. The van der Waals surface area contributed by atoms with E-state index in [0.29, 0.717) is 12.6 Å². The van der Waals surface area contributed by atoms with Gasteiger partial charge in [0.1, 0.15) is 9.84 Å². The molecule has 5 heteroatoms. The zero-order valence-corrected chi connectivity index (χ0v) is 9.57. The Kier molecular flexibility index (Phi) is 4.84. The van der Waals surface area contributed by atoms with Crippen molar-refractivity contribution in [3.63, 3.8) is 0 Å². The molecule has 0 spiro atoms. The standard InChI is InChI=1S/C9H20N2O2S/c1-14(12,13)7-6-10-8-9-4-2-3-5-11-9/h9-11H,2-8H2,1H3. The summed E-state index contributed by atoms with van der Waals surface area (Å²) in [6.07, 6.45) is 5.02. The Labute approximate surface area is 86.4 Å². The molecule has 2 N–H and O–H groups in total. The summed E-state index contributed by atoms with van der Waals surface area (Å²) in [4.78, 5) is 0. The summed E-state index contributed by atoms with van der Waals surface area (Å²) in [6.45, 7) is 2.55. The van der Waals surface area contributed by atoms with Crippen molar-refractivity contribution in [2.24, 2.45) is 0 Å². The summed E-state index contributed by atoms with van der Waals surface area (Å²) in [7, 11) is -2.81. The van der Waals surface area contributed by atoms with Gasteiger partial charge in [-0.15, -0.1) is 0 Å². The van der Waals surface area contributed by atoms with Crippen LogP contribution in [-0.2, 0) is 9.84 Å². The first-order valence-electron chi connectivity index (χ1n) is 5.20. The maximum Gasteiger partial charge on any atom is 0.148 e. The predicted molar refractivity (Wildman–Crippen MR) is 58.2 cm³/mol. The van der Waals surface area contributed by atoms with Crippen molar-refractivity contribution in [3.05, 3.63) is 0 Å². The molecule has 1 aliphatic heterocycles. The fraction of sp³-hybridized carbons (Fsp3) is 1.00. The van der Waals surface area contributed by atoms with Gasteiger partial charge in [-0.2, -0.15) is 0 Å². The Morgan fingerprint density at radius 1 is 1.43 bits per heavy atom. The van der Waals surface area contributed by atoms with E-state index in [1.807, 2.05) is 0 Å². The fourth-order valence-electron chi connectivity index (χ4n) is 1.63. The monoisotopic (exact) mass is 220 g/mol. The molecule has 1 aliphatic rings. The molecule has 0 aromatic carbocycles. The first kappa shape index (κ1) is 11.9. The molecule has 0 bridgehead atoms. The minimum absolute atomic E-state index is 0.236. The van der Waals surface area contributed by atoms with Crippen molar-refractivity contribution >= 4 is 9.84 Å². The highest BCUT2D eigenvalue weighted by Crippen LogP contribution is 2.05. The molecule has 0 saturated carbocycles. The lowest BCUT2D eigenvalue weighted by Gasteiger charge is -2.23. The second-order valence-corrected chi connectivity index (χ2v) is 6.24. The molecule has 1 fully saturated rings. The molecule has 14 heavy (non-hydrogen) atoms. The first-order valence-corrected chi connectivity index (χ1v) is 7.26. The van der Waals surface area contributed by atoms with Crippen LogP contribution < -0.4 is 10.6 Å². The third-order valence-corrected chi connectivity index (χ3v) is 3.40. The number of rotatable bonds is 5. The van der Waals surface area contributed by atoms with E-state index in [0.717, 1.165) is 13.1 Å². The molecule has 0 amide bonds. The largest absolute Gasteiger partial charge is 0.314 e. The minimum Gasteiger partial charge on any atom is -0.314 e. The highest BCUT2D eigenvalue weighted by Gasteiger charge is 2.11. The minimum atomic E-state index is -2.81. The average Bonchev–Trinajstić information content (AvgIpc) is 2.13. The molecule has 0 aliphatic carbocycles. The first-order chi connectivity index (χ1) is 6.58. The predicted octanol–water partition coefficient (Wildman–Crippen LogP) is -0.237. The van der Waals surface area contributed by atoms with Gasteiger partial charge in [0.05, 0.1) is 5.75 Å². The number of nitrogens with one attached hydrogen (secondary N) is 2. The molecule has 0 radical (unpaired) electrons. The molecular formula is C9H20N2O2S. The van der Waals surface area contributed by atoms with Crippen molar-refractivity contribution < 1.29 is 8.42 Å². The van der Waals surface area contributed by atoms with Crippen LogP contribution in [0.3, 0.4) is 0 Å². The van der Waals surface area contributed by atoms with Crippen molar-refractivity contribution in [1.29, 1.82) is 0 Å². The van der Waals surface area contributed by atoms with Crippen LogP contribution in [-0.4, -0.2) is 46.1 Å². The maximum absolute atomic E-state index is 10.8. The summed E-state index contributed by atoms with van der Waals surface area (Å²) < 4.78 is 21.7. The lowest BCUT2D eigenvalue weighted by Crippen LogP contribution is -2.42. The van der Waals surface area contributed by atoms with Gasteiger partial charge in [-0.3, -0.25) is 0 Å². The highest BCUT2D eigenvalue weighted by atomic mass is 32.2. The number of hydrogen-bond donors (Lipinski definition) is 2. The third kappa shape index (κ3) is 5.57. The van der Waals surface area contributed by atoms with E-state index < -0.39 is 9.84 Å². The quantitative estimate of drug-likeness (QED) is 0.628. The van der Waals surface area contributed by atoms with Crippen molar-refractivity contribution in [2.75, 3.05) is 31.6 Å². The van der Waals surface area contributed by atoms with Crippen molar-refractivity contribution in [2.45, 2.75) is 25.3 Å². The molecule has 0 aromatic heterocycles. The zero-order chi connectivity index (χ0) is 10.4. The molecule has 84 valence electrons. The van der Waals surface area contributed by atoms with E-state index in [2.05, 4.69) is 10.6 Å². The number of sulfone groups is 1. The van der Waals surface area contributed by atoms with Gasteiger partial charge in [-0.1, -0.05) is 6.42 Å². The maximum atomic E-state index is 10.8. The van der Waals surface area contributed by atoms with E-state index in [9.17, 15) is 8.42 Å². The molecule has 1 saturated heterocycles. The van der Waals surface area contributed by atoms with Gasteiger partial charge in [0.25, 0.3) is 0 Å². The lowest BCUT2D eigenvalue weighted by molar-refractivity contribution is 0.386. The SMILES string of the molecule is CS(=O)(=O)CCNCC1CCCCN1. The van der Waals surface area contributed by atoms with Crippen molar-refractivity contribution in [3.8, 4) is 0 Å². The summed E-state index contributed by atoms with van der Waals surface area (Å²) in [5.74, 6) is 0.236. The van der Waals surface area contributed by atoms with E-state index in [1.165, 1.54) is 25.5 Å². The highest BCUT2D eigenvalue weighted by molar-refractivity contribution is 7.90. The Hall–Kier alpha value is -0.130. The van der Waals surface area contributed by atoms with Gasteiger partial charge in [0.2, 0.25) is 0 Å². The van der Waals surface area contributed by atoms with Crippen molar-refractivity contribution in [1.82, 2.24) is 10.6 Å². The Morgan fingerprint density at radius 3 is 2.79 bits per heavy atom. The normalized spacial score (nSPS) is 23.6. The fourth-order valence-corrected chi connectivity index (χ4v) is 2.15. The van der Waals surface area contributed by atoms with Gasteiger partial charge < -0.3 is 10.6 Å². The molecule has 1 rings (SSSR count). The van der Waals surface area contributed by atoms with Gasteiger partial charge in [-0.25, -0.2) is 8.42 Å². The van der Waals surface area contributed by atoms with Gasteiger partial charge in [-0.05, 0) is 19.4 Å². The topological polar surface area (TPSA) is 58.2 Å². The molecule has 4 nitrogen and oxygen atoms in total. The van der Waals surface area contributed by atoms with Crippen LogP contribution in [0.5, 0.6) is 0 Å². The van der Waals surface area contributed by atoms with Crippen LogP contribution in [0, 0.1) is 0 Å². The third-order valence-electron chi connectivity index (χ3n) is 2.45. The average molecular weight is 220 g/mol. The van der Waals surface area contributed by atoms with E-state index >= 15 is 0 Å². The van der Waals surface area contributed by atoms with Gasteiger partial charge in [0, 0.05) is 25.4 Å². The van der Waals surface area contributed by atoms with Crippen LogP contribution in [0.4, 0.5) is 0 Å². The second-order valence-electron chi connectivity index (χ2n) is 3.98. The summed E-state index contributed by atoms with van der Waals surface area (Å²) >= 11 is 0. The molecule has 0 aromatic rings. The lowest BCUT2D eigenvalue weighted by atomic mass is 10.1. The molecule has 1 atom stereocenters. The zero-order valence-electron chi connectivity index (χ0n) is 8.75. The Balaban J connectivity index is 2.03. The van der Waals surface area contributed by atoms with Crippen LogP contribution >= 0.6 is 0 Å². The van der Waals surface area contributed by atoms with E-state index in [4.69, 9.17) is 0 Å². The van der Waals surface area contributed by atoms with Gasteiger partial charge in [0.15, 0.2) is 0 Å². The summed E-state index contributed by atoms with van der Waals surface area (Å²) in [6, 6.07) is 0.531. The van der Waals surface area contributed by atoms with E-state index in [1.54, 1.807) is 0 Å². The number of piperidine rings is 1. The number of hydrogen-bond acceptors (Lipinski definition) is 4. The molecular weight excluding hydrogens is 200 g/mol. The van der Waals surface area contributed by atoms with Crippen LogP contribution in [0.1, 0.15) is 19.3 Å². The smallest absolute Gasteiger partial charge is 0.148 e. The van der Waals surface area contributed by atoms with Crippen LogP contribution in [0.15, 0.2) is 0 Å². The molecule has 1 heterocycles. The van der Waals surface area contributed by atoms with Crippen LogP contribution in [0.25, 0.3) is 0 Å². The summed E-state index contributed by atoms with van der Waals surface area (Å²) in [5.41, 5.74) is 0. The Bertz CT molecular complexity index is 246. The Morgan fingerprint density at radius 2 is 2.21 bits per heavy atom.